The molecule has 0 heterocycles. The Kier molecular flexibility index (Phi) is 6.12. The molecule has 0 aromatic carbocycles. The van der Waals surface area contributed by atoms with Gasteiger partial charge in [-0.25, -0.2) is 0 Å². The van der Waals surface area contributed by atoms with E-state index in [0.29, 0.717) is 23.5 Å². The third-order valence-corrected chi connectivity index (χ3v) is 3.64. The Balaban J connectivity index is 4.93. The Morgan fingerprint density at radius 2 is 1.06 bits per heavy atom. The van der Waals surface area contributed by atoms with Crippen molar-refractivity contribution in [1.82, 2.24) is 0 Å². The van der Waals surface area contributed by atoms with E-state index < -0.39 is 32.7 Å². The van der Waals surface area contributed by atoms with E-state index in [-0.39, 0.29) is 0 Å². The Hall–Kier alpha value is -1.02. The van der Waals surface area contributed by atoms with Gasteiger partial charge >= 0.3 is 11.9 Å². The van der Waals surface area contributed by atoms with E-state index in [4.69, 9.17) is 10.2 Å². The van der Waals surface area contributed by atoms with Crippen LogP contribution in [0.2, 0.25) is 0 Å². The van der Waals surface area contributed by atoms with Crippen LogP contribution in [0.25, 0.3) is 0 Å². The van der Waals surface area contributed by atoms with Crippen molar-refractivity contribution in [1.29, 1.82) is 0 Å². The first-order chi connectivity index (χ1) is 7.25. The molecule has 0 fully saturated rings. The van der Waals surface area contributed by atoms with Crippen molar-refractivity contribution >= 4 is 45.7 Å². The zero-order chi connectivity index (χ0) is 12.9. The summed E-state index contributed by atoms with van der Waals surface area (Å²) in [4.78, 5) is 43.2. The second-order valence-electron chi connectivity index (χ2n) is 2.74. The number of carboxylic acids is 2. The summed E-state index contributed by atoms with van der Waals surface area (Å²) in [6, 6.07) is 0. The normalized spacial score (nSPS) is 13.9. The predicted octanol–water partition coefficient (Wildman–Crippen LogP) is 0.452. The number of carbonyl (C=O) groups is 4. The number of carbonyl (C=O) groups excluding carboxylic acids is 2. The van der Waals surface area contributed by atoms with Crippen LogP contribution in [0.15, 0.2) is 0 Å². The van der Waals surface area contributed by atoms with Crippen LogP contribution in [0.4, 0.5) is 0 Å². The van der Waals surface area contributed by atoms with Crippen LogP contribution < -0.4 is 0 Å². The maximum Gasteiger partial charge on any atom is 0.318 e. The van der Waals surface area contributed by atoms with Gasteiger partial charge in [-0.1, -0.05) is 23.5 Å². The van der Waals surface area contributed by atoms with Gasteiger partial charge in [0.25, 0.3) is 0 Å². The number of hydrogen-bond donors (Lipinski definition) is 2. The van der Waals surface area contributed by atoms with Gasteiger partial charge in [-0.15, -0.1) is 0 Å². The van der Waals surface area contributed by atoms with Crippen molar-refractivity contribution in [2.24, 2.45) is 0 Å². The van der Waals surface area contributed by atoms with Gasteiger partial charge in [0.2, 0.25) is 0 Å². The molecular formula is C8H10O6S2. The molecule has 0 aromatic rings. The molecule has 2 atom stereocenters. The van der Waals surface area contributed by atoms with E-state index in [9.17, 15) is 19.2 Å². The van der Waals surface area contributed by atoms with Crippen LogP contribution in [-0.4, -0.2) is 42.9 Å². The lowest BCUT2D eigenvalue weighted by Crippen LogP contribution is -2.36. The van der Waals surface area contributed by atoms with Crippen LogP contribution >= 0.6 is 23.5 Å². The monoisotopic (exact) mass is 266 g/mol. The standard InChI is InChI=1S/C8H10O6S2/c1-3(9)15-5(7(11)12)6(8(13)14)16-4(2)10/h5-6H,1-2H3,(H,11,12)(H,13,14). The Morgan fingerprint density at radius 1 is 0.812 bits per heavy atom. The zero-order valence-electron chi connectivity index (χ0n) is 8.50. The highest BCUT2D eigenvalue weighted by Crippen LogP contribution is 2.26. The first-order valence-corrected chi connectivity index (χ1v) is 5.81. The third kappa shape index (κ3) is 5.17. The van der Waals surface area contributed by atoms with Gasteiger partial charge in [0.1, 0.15) is 10.5 Å². The predicted molar refractivity (Wildman–Crippen MR) is 59.4 cm³/mol. The molecule has 0 saturated carbocycles. The van der Waals surface area contributed by atoms with E-state index in [0.717, 1.165) is 13.8 Å². The fourth-order valence-corrected chi connectivity index (χ4v) is 2.57. The second kappa shape index (κ2) is 6.54. The Morgan fingerprint density at radius 3 is 1.19 bits per heavy atom. The number of rotatable bonds is 5. The molecule has 6 nitrogen and oxygen atoms in total. The average molecular weight is 266 g/mol. The van der Waals surface area contributed by atoms with Gasteiger partial charge in [-0.2, -0.15) is 0 Å². The summed E-state index contributed by atoms with van der Waals surface area (Å²) >= 11 is 0.787. The quantitative estimate of drug-likeness (QED) is 0.738. The molecule has 0 rings (SSSR count). The molecule has 8 heteroatoms. The molecule has 16 heavy (non-hydrogen) atoms. The summed E-state index contributed by atoms with van der Waals surface area (Å²) in [6.45, 7) is 2.27. The molecule has 0 radical (unpaired) electrons. The van der Waals surface area contributed by atoms with Crippen molar-refractivity contribution in [3.05, 3.63) is 0 Å². The maximum absolute atomic E-state index is 10.8. The largest absolute Gasteiger partial charge is 0.480 e. The third-order valence-electron chi connectivity index (χ3n) is 1.35. The van der Waals surface area contributed by atoms with Gasteiger partial charge in [-0.3, -0.25) is 19.2 Å². The minimum Gasteiger partial charge on any atom is -0.480 e. The van der Waals surface area contributed by atoms with Gasteiger partial charge in [0, 0.05) is 13.8 Å². The first kappa shape index (κ1) is 15.0. The molecule has 0 aromatic heterocycles. The minimum atomic E-state index is -1.47. The van der Waals surface area contributed by atoms with Crippen molar-refractivity contribution in [2.75, 3.05) is 0 Å². The van der Waals surface area contributed by atoms with Crippen LogP contribution in [0.5, 0.6) is 0 Å². The van der Waals surface area contributed by atoms with Crippen molar-refractivity contribution < 1.29 is 29.4 Å². The van der Waals surface area contributed by atoms with E-state index in [1.54, 1.807) is 0 Å². The lowest BCUT2D eigenvalue weighted by molar-refractivity contribution is -0.142. The minimum absolute atomic E-state index is 0.394. The molecule has 0 amide bonds. The number of thioether (sulfide) groups is 2. The number of aliphatic carboxylic acids is 2. The second-order valence-corrected chi connectivity index (χ2v) is 5.37. The van der Waals surface area contributed by atoms with Gasteiger partial charge in [0.15, 0.2) is 10.2 Å². The summed E-state index contributed by atoms with van der Waals surface area (Å²) in [5.41, 5.74) is 0. The summed E-state index contributed by atoms with van der Waals surface area (Å²) in [5.74, 6) is -2.86. The fourth-order valence-electron chi connectivity index (χ4n) is 0.841. The molecule has 0 spiro atoms. The van der Waals surface area contributed by atoms with Crippen molar-refractivity contribution in [3.8, 4) is 0 Å². The fraction of sp³-hybridized carbons (Fsp3) is 0.500. The molecule has 90 valence electrons. The molecule has 2 N–H and O–H groups in total. The Labute approximate surface area is 99.8 Å². The number of carboxylic acid groups (broad SMARTS) is 2. The summed E-state index contributed by atoms with van der Waals surface area (Å²) in [5, 5.41) is 13.6. The highest BCUT2D eigenvalue weighted by molar-refractivity contribution is 8.18. The van der Waals surface area contributed by atoms with E-state index in [1.165, 1.54) is 0 Å². The van der Waals surface area contributed by atoms with Crippen LogP contribution in [-0.2, 0) is 19.2 Å². The first-order valence-electron chi connectivity index (χ1n) is 4.05. The molecule has 0 aliphatic carbocycles. The molecule has 0 bridgehead atoms. The number of hydrogen-bond acceptors (Lipinski definition) is 6. The van der Waals surface area contributed by atoms with Crippen molar-refractivity contribution in [2.45, 2.75) is 24.3 Å². The van der Waals surface area contributed by atoms with E-state index in [1.807, 2.05) is 0 Å². The average Bonchev–Trinajstić information content (AvgIpc) is 2.09. The highest BCUT2D eigenvalue weighted by atomic mass is 32.2. The van der Waals surface area contributed by atoms with Crippen LogP contribution in [0.1, 0.15) is 13.8 Å². The Bertz CT molecular complexity index is 294. The lowest BCUT2D eigenvalue weighted by Gasteiger charge is -2.16. The molecule has 0 aliphatic rings. The smallest absolute Gasteiger partial charge is 0.318 e. The van der Waals surface area contributed by atoms with Gasteiger partial charge in [-0.05, 0) is 0 Å². The molecular weight excluding hydrogens is 256 g/mol. The van der Waals surface area contributed by atoms with E-state index >= 15 is 0 Å². The summed E-state index contributed by atoms with van der Waals surface area (Å²) in [7, 11) is 0. The highest BCUT2D eigenvalue weighted by Gasteiger charge is 2.37. The zero-order valence-corrected chi connectivity index (χ0v) is 10.1. The summed E-state index contributed by atoms with van der Waals surface area (Å²) in [6.07, 6.45) is 0. The summed E-state index contributed by atoms with van der Waals surface area (Å²) < 4.78 is 0. The molecule has 0 saturated heterocycles. The van der Waals surface area contributed by atoms with Crippen LogP contribution in [0.3, 0.4) is 0 Å². The van der Waals surface area contributed by atoms with E-state index in [2.05, 4.69) is 0 Å². The topological polar surface area (TPSA) is 109 Å². The van der Waals surface area contributed by atoms with Gasteiger partial charge < -0.3 is 10.2 Å². The van der Waals surface area contributed by atoms with Crippen molar-refractivity contribution in [3.63, 3.8) is 0 Å². The SMILES string of the molecule is CC(=O)SC(C(=O)O)C(SC(C)=O)C(=O)O. The maximum atomic E-state index is 10.8. The van der Waals surface area contributed by atoms with Gasteiger partial charge in [0.05, 0.1) is 0 Å². The lowest BCUT2D eigenvalue weighted by atomic mass is 10.3. The van der Waals surface area contributed by atoms with Crippen LogP contribution in [0, 0.1) is 0 Å². The molecule has 2 unspecified atom stereocenters. The molecule has 0 aliphatic heterocycles.